The topological polar surface area (TPSA) is 50.7 Å². The van der Waals surface area contributed by atoms with E-state index in [1.54, 1.807) is 0 Å². The molecule has 4 heteroatoms. The van der Waals surface area contributed by atoms with Crippen LogP contribution >= 0.6 is 0 Å². The van der Waals surface area contributed by atoms with E-state index in [4.69, 9.17) is 9.47 Å². The number of fused-ring (bicyclic) bond motifs is 3. The van der Waals surface area contributed by atoms with Crippen LogP contribution < -0.4 is 5.32 Å². The van der Waals surface area contributed by atoms with Crippen molar-refractivity contribution >= 4 is 0 Å². The number of nitrogens with one attached hydrogen (secondary N) is 1. The van der Waals surface area contributed by atoms with Gasteiger partial charge in [0, 0.05) is 30.2 Å². The molecular formula is C27H43NO3. The summed E-state index contributed by atoms with van der Waals surface area (Å²) in [6.45, 7) is 12.5. The lowest BCUT2D eigenvalue weighted by Gasteiger charge is -2.53. The number of ether oxygens (including phenoxy) is 2. The predicted molar refractivity (Wildman–Crippen MR) is 126 cm³/mol. The van der Waals surface area contributed by atoms with Crippen LogP contribution in [-0.4, -0.2) is 41.6 Å². The van der Waals surface area contributed by atoms with Gasteiger partial charge in [-0.15, -0.1) is 0 Å². The molecular weight excluding hydrogens is 386 g/mol. The minimum Gasteiger partial charge on any atom is -0.508 e. The highest BCUT2D eigenvalue weighted by atomic mass is 16.5. The van der Waals surface area contributed by atoms with Crippen molar-refractivity contribution in [2.24, 2.45) is 5.92 Å². The molecule has 2 fully saturated rings. The number of hydrogen-bond donors (Lipinski definition) is 2. The molecule has 3 aliphatic rings. The highest BCUT2D eigenvalue weighted by molar-refractivity contribution is 5.44. The lowest BCUT2D eigenvalue weighted by atomic mass is 9.60. The van der Waals surface area contributed by atoms with Crippen LogP contribution in [0.4, 0.5) is 0 Å². The van der Waals surface area contributed by atoms with Gasteiger partial charge in [0.2, 0.25) is 0 Å². The maximum atomic E-state index is 10.2. The largest absolute Gasteiger partial charge is 0.508 e. The maximum absolute atomic E-state index is 10.2. The van der Waals surface area contributed by atoms with Crippen LogP contribution in [0.5, 0.6) is 5.75 Å². The molecule has 1 aliphatic carbocycles. The van der Waals surface area contributed by atoms with E-state index in [2.05, 4.69) is 46.0 Å². The summed E-state index contributed by atoms with van der Waals surface area (Å²) in [6.07, 6.45) is 9.60. The molecule has 0 spiro atoms. The highest BCUT2D eigenvalue weighted by Crippen LogP contribution is 2.52. The molecule has 2 aliphatic heterocycles. The van der Waals surface area contributed by atoms with Crippen LogP contribution in [0, 0.1) is 5.92 Å². The predicted octanol–water partition coefficient (Wildman–Crippen LogP) is 5.50. The summed E-state index contributed by atoms with van der Waals surface area (Å²) in [5.74, 6) is 1.10. The van der Waals surface area contributed by atoms with E-state index >= 15 is 0 Å². The molecule has 1 aromatic rings. The Balaban J connectivity index is 1.43. The number of benzene rings is 1. The highest BCUT2D eigenvalue weighted by Gasteiger charge is 2.53. The fourth-order valence-corrected chi connectivity index (χ4v) is 6.51. The molecule has 2 saturated heterocycles. The quantitative estimate of drug-likeness (QED) is 0.573. The van der Waals surface area contributed by atoms with E-state index < -0.39 is 0 Å². The Hall–Kier alpha value is -1.10. The van der Waals surface area contributed by atoms with E-state index in [1.807, 2.05) is 12.1 Å². The number of hydrogen-bond acceptors (Lipinski definition) is 4. The van der Waals surface area contributed by atoms with Crippen LogP contribution in [0.15, 0.2) is 18.2 Å². The smallest absolute Gasteiger partial charge is 0.115 e. The Morgan fingerprint density at radius 3 is 2.77 bits per heavy atom. The van der Waals surface area contributed by atoms with Crippen LogP contribution in [0.25, 0.3) is 0 Å². The molecule has 2 unspecified atom stereocenters. The third kappa shape index (κ3) is 4.82. The zero-order chi connectivity index (χ0) is 22.3. The van der Waals surface area contributed by atoms with Gasteiger partial charge in [0.15, 0.2) is 0 Å². The van der Waals surface area contributed by atoms with Gasteiger partial charge in [-0.25, -0.2) is 0 Å². The van der Waals surface area contributed by atoms with Crippen LogP contribution in [-0.2, 0) is 21.3 Å². The first-order chi connectivity index (χ1) is 14.6. The monoisotopic (exact) mass is 429 g/mol. The van der Waals surface area contributed by atoms with Gasteiger partial charge in [-0.2, -0.15) is 0 Å². The zero-order valence-corrected chi connectivity index (χ0v) is 20.3. The van der Waals surface area contributed by atoms with E-state index in [0.717, 1.165) is 32.5 Å². The Bertz CT molecular complexity index is 776. The molecule has 31 heavy (non-hydrogen) atoms. The van der Waals surface area contributed by atoms with Gasteiger partial charge < -0.3 is 19.9 Å². The van der Waals surface area contributed by atoms with Gasteiger partial charge in [-0.05, 0) is 102 Å². The van der Waals surface area contributed by atoms with Gasteiger partial charge in [-0.1, -0.05) is 19.4 Å². The van der Waals surface area contributed by atoms with Crippen molar-refractivity contribution in [2.75, 3.05) is 13.2 Å². The van der Waals surface area contributed by atoms with Crippen LogP contribution in [0.2, 0.25) is 0 Å². The second-order valence-corrected chi connectivity index (χ2v) is 11.5. The minimum atomic E-state index is -0.150. The number of piperidine rings is 1. The third-order valence-electron chi connectivity index (χ3n) is 8.38. The Morgan fingerprint density at radius 1 is 1.19 bits per heavy atom. The molecule has 0 radical (unpaired) electrons. The second-order valence-electron chi connectivity index (χ2n) is 11.5. The number of aromatic hydroxyl groups is 1. The van der Waals surface area contributed by atoms with E-state index in [0.29, 0.717) is 17.7 Å². The lowest BCUT2D eigenvalue weighted by molar-refractivity contribution is -0.0574. The van der Waals surface area contributed by atoms with Crippen LogP contribution in [0.3, 0.4) is 0 Å². The van der Waals surface area contributed by atoms with Crippen LogP contribution in [0.1, 0.15) is 90.7 Å². The Kier molecular flexibility index (Phi) is 6.46. The lowest BCUT2D eigenvalue weighted by Crippen LogP contribution is -2.63. The SMILES string of the molecule is CC(C)OCCC(C)(C)OCCC12CCC[C@]3(C)c4cc(O)ccc4C[C@H](CC1)C3N2. The van der Waals surface area contributed by atoms with Gasteiger partial charge >= 0.3 is 0 Å². The Labute approximate surface area is 189 Å². The van der Waals surface area contributed by atoms with Crippen molar-refractivity contribution in [3.63, 3.8) is 0 Å². The summed E-state index contributed by atoms with van der Waals surface area (Å²) in [4.78, 5) is 0. The minimum absolute atomic E-state index is 0.105. The normalized spacial score (nSPS) is 32.6. The number of phenolic OH excluding ortho intramolecular Hbond substituents is 1. The zero-order valence-electron chi connectivity index (χ0n) is 20.3. The Morgan fingerprint density at radius 2 is 2.00 bits per heavy atom. The molecule has 0 amide bonds. The molecule has 0 aromatic heterocycles. The van der Waals surface area contributed by atoms with E-state index in [1.165, 1.54) is 43.2 Å². The molecule has 4 rings (SSSR count). The van der Waals surface area contributed by atoms with Crippen molar-refractivity contribution in [3.8, 4) is 5.75 Å². The average molecular weight is 430 g/mol. The van der Waals surface area contributed by atoms with Gasteiger partial charge in [0.25, 0.3) is 0 Å². The average Bonchev–Trinajstić information content (AvgIpc) is 2.82. The van der Waals surface area contributed by atoms with Crippen molar-refractivity contribution in [3.05, 3.63) is 29.3 Å². The molecule has 0 saturated carbocycles. The van der Waals surface area contributed by atoms with Crippen molar-refractivity contribution < 1.29 is 14.6 Å². The summed E-state index contributed by atoms with van der Waals surface area (Å²) in [6, 6.07) is 6.56. The molecule has 1 aromatic carbocycles. The molecule has 4 atom stereocenters. The first-order valence-corrected chi connectivity index (χ1v) is 12.5. The summed E-state index contributed by atoms with van der Waals surface area (Å²) in [5, 5.41) is 14.4. The maximum Gasteiger partial charge on any atom is 0.115 e. The first-order valence-electron chi connectivity index (χ1n) is 12.5. The van der Waals surface area contributed by atoms with Gasteiger partial charge in [0.1, 0.15) is 5.75 Å². The van der Waals surface area contributed by atoms with Crippen molar-refractivity contribution in [1.82, 2.24) is 5.32 Å². The fraction of sp³-hybridized carbons (Fsp3) is 0.778. The molecule has 174 valence electrons. The summed E-state index contributed by atoms with van der Waals surface area (Å²) >= 11 is 0. The standard InChI is InChI=1S/C27H43NO3/c1-19(2)30-15-13-25(3,4)31-16-14-27-11-6-10-26(5)23-18-22(29)8-7-20(23)17-21(9-12-27)24(26)28-27/h7-8,18-19,21,24,28-29H,6,9-17H2,1-5H3/t21-,24?,26+,27?/m0/s1. The van der Waals surface area contributed by atoms with E-state index in [-0.39, 0.29) is 22.7 Å². The molecule has 4 nitrogen and oxygen atoms in total. The fourth-order valence-electron chi connectivity index (χ4n) is 6.51. The van der Waals surface area contributed by atoms with E-state index in [9.17, 15) is 5.11 Å². The summed E-state index contributed by atoms with van der Waals surface area (Å²) < 4.78 is 12.1. The number of rotatable bonds is 8. The first kappa shape index (κ1) is 23.1. The second kappa shape index (κ2) is 8.68. The molecule has 2 N–H and O–H groups in total. The third-order valence-corrected chi connectivity index (χ3v) is 8.38. The van der Waals surface area contributed by atoms with Gasteiger partial charge in [0.05, 0.1) is 11.7 Å². The molecule has 2 heterocycles. The summed E-state index contributed by atoms with van der Waals surface area (Å²) in [5.41, 5.74) is 2.97. The van der Waals surface area contributed by atoms with Crippen molar-refractivity contribution in [1.29, 1.82) is 0 Å². The van der Waals surface area contributed by atoms with Crippen molar-refractivity contribution in [2.45, 2.75) is 115 Å². The number of phenols is 1. The summed E-state index contributed by atoms with van der Waals surface area (Å²) in [7, 11) is 0. The van der Waals surface area contributed by atoms with Gasteiger partial charge in [-0.3, -0.25) is 0 Å². The molecule has 2 bridgehead atoms.